The van der Waals surface area contributed by atoms with Crippen molar-refractivity contribution in [1.82, 2.24) is 0 Å². The van der Waals surface area contributed by atoms with Gasteiger partial charge in [0, 0.05) is 16.9 Å². The molecule has 1 unspecified atom stereocenters. The number of hydrogen-bond acceptors (Lipinski definition) is 4. The monoisotopic (exact) mass is 225 g/mol. The molecule has 0 saturated heterocycles. The van der Waals surface area contributed by atoms with Crippen LogP contribution < -0.4 is 0 Å². The first-order valence-electron chi connectivity index (χ1n) is 5.18. The van der Waals surface area contributed by atoms with Crippen molar-refractivity contribution < 1.29 is 14.7 Å². The molecule has 5 heteroatoms. The average Bonchev–Trinajstić information content (AvgIpc) is 2.30. The fraction of sp³-hybridized carbons (Fsp3) is 0.455. The van der Waals surface area contributed by atoms with E-state index in [-0.39, 0.29) is 11.5 Å². The van der Waals surface area contributed by atoms with Gasteiger partial charge in [0.05, 0.1) is 13.2 Å². The fourth-order valence-electron chi connectivity index (χ4n) is 1.37. The van der Waals surface area contributed by atoms with Gasteiger partial charge in [-0.2, -0.15) is 0 Å². The van der Waals surface area contributed by atoms with E-state index in [0.29, 0.717) is 18.6 Å². The molecule has 0 aliphatic carbocycles. The summed E-state index contributed by atoms with van der Waals surface area (Å²) in [5.41, 5.74) is 0.688. The van der Waals surface area contributed by atoms with Gasteiger partial charge in [-0.05, 0) is 6.92 Å². The van der Waals surface area contributed by atoms with E-state index in [1.165, 1.54) is 0 Å². The Morgan fingerprint density at radius 2 is 2.00 bits per heavy atom. The molecule has 1 aromatic rings. The van der Waals surface area contributed by atoms with Crippen molar-refractivity contribution in [3.05, 3.63) is 46.0 Å². The van der Waals surface area contributed by atoms with Crippen LogP contribution in [-0.2, 0) is 9.78 Å². The quantitative estimate of drug-likeness (QED) is 0.309. The first-order valence-corrected chi connectivity index (χ1v) is 5.18. The largest absolute Gasteiger partial charge is 0.264 e. The number of nitrogens with zero attached hydrogens (tertiary/aromatic N) is 1. The summed E-state index contributed by atoms with van der Waals surface area (Å²) < 4.78 is 0. The highest BCUT2D eigenvalue weighted by atomic mass is 17.2. The van der Waals surface area contributed by atoms with Crippen LogP contribution in [-0.4, -0.2) is 18.1 Å². The van der Waals surface area contributed by atoms with Crippen molar-refractivity contribution in [1.29, 1.82) is 0 Å². The van der Waals surface area contributed by atoms with Gasteiger partial charge in [-0.1, -0.05) is 30.3 Å². The summed E-state index contributed by atoms with van der Waals surface area (Å²) in [6.45, 7) is 2.45. The molecule has 5 nitrogen and oxygen atoms in total. The molecule has 0 fully saturated rings. The highest BCUT2D eigenvalue weighted by Gasteiger charge is 2.21. The molecule has 0 saturated carbocycles. The molecule has 0 N–H and O–H groups in total. The highest BCUT2D eigenvalue weighted by Crippen LogP contribution is 2.19. The average molecular weight is 225 g/mol. The van der Waals surface area contributed by atoms with Gasteiger partial charge in [-0.15, -0.1) is 0 Å². The van der Waals surface area contributed by atoms with Gasteiger partial charge in [0.25, 0.3) is 0 Å². The second-order valence-electron chi connectivity index (χ2n) is 3.23. The minimum Gasteiger partial charge on any atom is -0.264 e. The summed E-state index contributed by atoms with van der Waals surface area (Å²) >= 11 is 0. The molecule has 0 bridgehead atoms. The Morgan fingerprint density at radius 1 is 1.31 bits per heavy atom. The Morgan fingerprint density at radius 3 is 2.56 bits per heavy atom. The van der Waals surface area contributed by atoms with Crippen molar-refractivity contribution in [3.8, 4) is 0 Å². The summed E-state index contributed by atoms with van der Waals surface area (Å²) in [6, 6.07) is 8.16. The highest BCUT2D eigenvalue weighted by molar-refractivity contribution is 5.17. The van der Waals surface area contributed by atoms with E-state index in [1.807, 2.05) is 6.07 Å². The Balaban J connectivity index is 2.52. The Kier molecular flexibility index (Phi) is 5.45. The molecule has 0 amide bonds. The molecule has 1 atom stereocenters. The van der Waals surface area contributed by atoms with Crippen LogP contribution in [0, 0.1) is 10.1 Å². The minimum absolute atomic E-state index is 0.217. The molecule has 1 aromatic carbocycles. The fourth-order valence-corrected chi connectivity index (χ4v) is 1.37. The van der Waals surface area contributed by atoms with Crippen LogP contribution in [0.25, 0.3) is 0 Å². The van der Waals surface area contributed by atoms with Gasteiger partial charge in [0.15, 0.2) is 0 Å². The maximum atomic E-state index is 10.9. The van der Waals surface area contributed by atoms with E-state index in [2.05, 4.69) is 4.89 Å². The van der Waals surface area contributed by atoms with Crippen LogP contribution in [0.2, 0.25) is 0 Å². The van der Waals surface area contributed by atoms with Crippen LogP contribution in [0.15, 0.2) is 30.3 Å². The second kappa shape index (κ2) is 6.92. The molecular formula is C11H15NO4. The van der Waals surface area contributed by atoms with E-state index < -0.39 is 6.04 Å². The lowest BCUT2D eigenvalue weighted by Crippen LogP contribution is -2.13. The third-order valence-electron chi connectivity index (χ3n) is 2.11. The molecule has 1 rings (SSSR count). The van der Waals surface area contributed by atoms with Crippen LogP contribution in [0.3, 0.4) is 0 Å². The predicted molar refractivity (Wildman–Crippen MR) is 58.4 cm³/mol. The van der Waals surface area contributed by atoms with Crippen molar-refractivity contribution >= 4 is 0 Å². The zero-order valence-electron chi connectivity index (χ0n) is 9.17. The van der Waals surface area contributed by atoms with Crippen LogP contribution in [0.4, 0.5) is 0 Å². The van der Waals surface area contributed by atoms with E-state index in [1.54, 1.807) is 31.2 Å². The van der Waals surface area contributed by atoms with Crippen LogP contribution >= 0.6 is 0 Å². The van der Waals surface area contributed by atoms with Crippen molar-refractivity contribution in [2.45, 2.75) is 19.4 Å². The maximum Gasteiger partial charge on any atom is 0.240 e. The van der Waals surface area contributed by atoms with Gasteiger partial charge >= 0.3 is 0 Å². The molecule has 0 spiro atoms. The lowest BCUT2D eigenvalue weighted by molar-refractivity contribution is -0.532. The first-order chi connectivity index (χ1) is 7.75. The van der Waals surface area contributed by atoms with E-state index in [4.69, 9.17) is 4.89 Å². The Hall–Kier alpha value is -1.46. The van der Waals surface area contributed by atoms with Crippen LogP contribution in [0.5, 0.6) is 0 Å². The summed E-state index contributed by atoms with van der Waals surface area (Å²) in [7, 11) is 0. The second-order valence-corrected chi connectivity index (χ2v) is 3.23. The zero-order valence-corrected chi connectivity index (χ0v) is 9.17. The topological polar surface area (TPSA) is 61.6 Å². The summed E-state index contributed by atoms with van der Waals surface area (Å²) in [6.07, 6.45) is 0.303. The molecule has 0 aromatic heterocycles. The molecule has 0 radical (unpaired) electrons. The van der Waals surface area contributed by atoms with Gasteiger partial charge in [-0.3, -0.25) is 10.1 Å². The van der Waals surface area contributed by atoms with Gasteiger partial charge in [0.1, 0.15) is 0 Å². The molecule has 88 valence electrons. The molecular weight excluding hydrogens is 210 g/mol. The maximum absolute atomic E-state index is 10.9. The lowest BCUT2D eigenvalue weighted by atomic mass is 10.1. The smallest absolute Gasteiger partial charge is 0.240 e. The van der Waals surface area contributed by atoms with Crippen molar-refractivity contribution in [3.63, 3.8) is 0 Å². The van der Waals surface area contributed by atoms with Crippen molar-refractivity contribution in [2.24, 2.45) is 0 Å². The molecule has 0 aliphatic heterocycles. The summed E-state index contributed by atoms with van der Waals surface area (Å²) in [5, 5.41) is 10.9. The SMILES string of the molecule is CCOOCCC(c1ccccc1)[N+](=O)[O-]. The van der Waals surface area contributed by atoms with E-state index in [9.17, 15) is 10.1 Å². The van der Waals surface area contributed by atoms with Gasteiger partial charge in [0.2, 0.25) is 6.04 Å². The van der Waals surface area contributed by atoms with Crippen LogP contribution in [0.1, 0.15) is 24.9 Å². The summed E-state index contributed by atoms with van der Waals surface area (Å²) in [5.74, 6) is 0. The lowest BCUT2D eigenvalue weighted by Gasteiger charge is -2.09. The van der Waals surface area contributed by atoms with Gasteiger partial charge < -0.3 is 0 Å². The van der Waals surface area contributed by atoms with E-state index in [0.717, 1.165) is 0 Å². The third-order valence-corrected chi connectivity index (χ3v) is 2.11. The summed E-state index contributed by atoms with van der Waals surface area (Å²) in [4.78, 5) is 20.0. The number of benzene rings is 1. The molecule has 0 heterocycles. The standard InChI is InChI=1S/C11H15NO4/c1-2-15-16-9-8-11(12(13)14)10-6-4-3-5-7-10/h3-7,11H,2,8-9H2,1H3. The zero-order chi connectivity index (χ0) is 11.8. The third kappa shape index (κ3) is 3.96. The molecule has 0 aliphatic rings. The Labute approximate surface area is 94.1 Å². The normalized spacial score (nSPS) is 12.3. The number of nitro groups is 1. The first kappa shape index (κ1) is 12.6. The Bertz CT molecular complexity index is 315. The van der Waals surface area contributed by atoms with E-state index >= 15 is 0 Å². The molecule has 16 heavy (non-hydrogen) atoms. The predicted octanol–water partition coefficient (Wildman–Crippen LogP) is 2.36. The number of rotatable bonds is 7. The number of hydrogen-bond donors (Lipinski definition) is 0. The van der Waals surface area contributed by atoms with Gasteiger partial charge in [-0.25, -0.2) is 9.78 Å². The minimum atomic E-state index is -0.735. The van der Waals surface area contributed by atoms with Crippen molar-refractivity contribution in [2.75, 3.05) is 13.2 Å².